The minimum Gasteiger partial charge on any atom is -0.310 e. The third-order valence-corrected chi connectivity index (χ3v) is 5.34. The second-order valence-electron chi connectivity index (χ2n) is 5.82. The van der Waals surface area contributed by atoms with Crippen molar-refractivity contribution >= 4 is 10.0 Å². The highest BCUT2D eigenvalue weighted by molar-refractivity contribution is 7.89. The van der Waals surface area contributed by atoms with Gasteiger partial charge in [-0.3, -0.25) is 0 Å². The van der Waals surface area contributed by atoms with E-state index >= 15 is 0 Å². The molecule has 0 spiro atoms. The lowest BCUT2D eigenvalue weighted by molar-refractivity contribution is 0.220. The standard InChI is InChI=1S/C14H21N3O2S/c15-20(18,19)13-3-1-2-11(8-13)9-16-14-5-7-17-6-4-12(14)10-17/h1-3,8,12,14,16H,4-7,9-10H2,(H2,15,18,19). The number of hydrogen-bond donors (Lipinski definition) is 2. The molecule has 0 saturated carbocycles. The summed E-state index contributed by atoms with van der Waals surface area (Å²) in [5, 5.41) is 8.74. The molecule has 0 amide bonds. The third kappa shape index (κ3) is 3.03. The summed E-state index contributed by atoms with van der Waals surface area (Å²) in [6.45, 7) is 4.30. The Labute approximate surface area is 120 Å². The van der Waals surface area contributed by atoms with E-state index in [1.165, 1.54) is 38.5 Å². The van der Waals surface area contributed by atoms with E-state index in [1.807, 2.05) is 6.07 Å². The number of rotatable bonds is 4. The summed E-state index contributed by atoms with van der Waals surface area (Å²) < 4.78 is 22.7. The van der Waals surface area contributed by atoms with Gasteiger partial charge in [-0.1, -0.05) is 12.1 Å². The zero-order chi connectivity index (χ0) is 14.2. The fraction of sp³-hybridized carbons (Fsp3) is 0.571. The molecule has 2 heterocycles. The first kappa shape index (κ1) is 14.0. The van der Waals surface area contributed by atoms with Crippen LogP contribution in [-0.2, 0) is 16.6 Å². The van der Waals surface area contributed by atoms with Crippen molar-refractivity contribution in [2.45, 2.75) is 30.3 Å². The summed E-state index contributed by atoms with van der Waals surface area (Å²) in [6.07, 6.45) is 2.45. The van der Waals surface area contributed by atoms with E-state index in [-0.39, 0.29) is 4.90 Å². The van der Waals surface area contributed by atoms with Crippen LogP contribution in [0.15, 0.2) is 29.2 Å². The van der Waals surface area contributed by atoms with Gasteiger partial charge in [-0.25, -0.2) is 13.6 Å². The predicted molar refractivity (Wildman–Crippen MR) is 77.6 cm³/mol. The maximum absolute atomic E-state index is 11.3. The SMILES string of the molecule is NS(=O)(=O)c1cccc(CNC2CCN3CCC2C3)c1. The van der Waals surface area contributed by atoms with Gasteiger partial charge in [0, 0.05) is 19.1 Å². The maximum atomic E-state index is 11.3. The molecule has 110 valence electrons. The Bertz CT molecular complexity index is 588. The van der Waals surface area contributed by atoms with Gasteiger partial charge in [-0.15, -0.1) is 0 Å². The molecule has 1 aromatic carbocycles. The highest BCUT2D eigenvalue weighted by atomic mass is 32.2. The second-order valence-corrected chi connectivity index (χ2v) is 7.38. The van der Waals surface area contributed by atoms with Crippen molar-refractivity contribution in [3.8, 4) is 0 Å². The van der Waals surface area contributed by atoms with Gasteiger partial charge in [-0.05, 0) is 49.5 Å². The smallest absolute Gasteiger partial charge is 0.238 e. The Kier molecular flexibility index (Phi) is 3.81. The molecule has 0 radical (unpaired) electrons. The number of benzene rings is 1. The molecule has 3 unspecified atom stereocenters. The molecule has 3 rings (SSSR count). The first-order chi connectivity index (χ1) is 9.52. The summed E-state index contributed by atoms with van der Waals surface area (Å²) in [6, 6.07) is 7.42. The lowest BCUT2D eigenvalue weighted by atomic mass is 9.94. The fourth-order valence-corrected chi connectivity index (χ4v) is 3.89. The second kappa shape index (κ2) is 5.44. The quantitative estimate of drug-likeness (QED) is 0.849. The summed E-state index contributed by atoms with van der Waals surface area (Å²) >= 11 is 0. The van der Waals surface area contributed by atoms with Gasteiger partial charge in [-0.2, -0.15) is 0 Å². The van der Waals surface area contributed by atoms with Gasteiger partial charge < -0.3 is 10.2 Å². The third-order valence-electron chi connectivity index (χ3n) is 4.43. The Morgan fingerprint density at radius 2 is 2.10 bits per heavy atom. The Balaban J connectivity index is 1.64. The summed E-state index contributed by atoms with van der Waals surface area (Å²) in [4.78, 5) is 2.71. The number of sulfonamides is 1. The molecule has 2 fully saturated rings. The first-order valence-electron chi connectivity index (χ1n) is 7.10. The van der Waals surface area contributed by atoms with E-state index in [4.69, 9.17) is 5.14 Å². The minimum absolute atomic E-state index is 0.187. The molecule has 3 atom stereocenters. The van der Waals surface area contributed by atoms with Crippen LogP contribution in [0.2, 0.25) is 0 Å². The van der Waals surface area contributed by atoms with Crippen LogP contribution in [0, 0.1) is 5.92 Å². The summed E-state index contributed by atoms with van der Waals surface area (Å²) in [5.74, 6) is 0.741. The largest absolute Gasteiger partial charge is 0.310 e. The van der Waals surface area contributed by atoms with E-state index in [1.54, 1.807) is 12.1 Å². The van der Waals surface area contributed by atoms with Gasteiger partial charge in [0.25, 0.3) is 0 Å². The van der Waals surface area contributed by atoms with Crippen molar-refractivity contribution in [1.29, 1.82) is 0 Å². The highest BCUT2D eigenvalue weighted by Crippen LogP contribution is 2.27. The van der Waals surface area contributed by atoms with Crippen LogP contribution in [0.25, 0.3) is 0 Å². The molecule has 2 bridgehead atoms. The molecule has 20 heavy (non-hydrogen) atoms. The number of fused-ring (bicyclic) bond motifs is 2. The average molecular weight is 295 g/mol. The van der Waals surface area contributed by atoms with Crippen molar-refractivity contribution in [3.05, 3.63) is 29.8 Å². The number of nitrogens with zero attached hydrogens (tertiary/aromatic N) is 1. The molecule has 1 aromatic rings. The monoisotopic (exact) mass is 295 g/mol. The summed E-state index contributed by atoms with van der Waals surface area (Å²) in [5.41, 5.74) is 0.969. The number of primary sulfonamides is 1. The van der Waals surface area contributed by atoms with Crippen LogP contribution >= 0.6 is 0 Å². The van der Waals surface area contributed by atoms with Crippen molar-refractivity contribution < 1.29 is 8.42 Å². The molecule has 2 saturated heterocycles. The van der Waals surface area contributed by atoms with Gasteiger partial charge in [0.05, 0.1) is 4.90 Å². The molecular weight excluding hydrogens is 274 g/mol. The van der Waals surface area contributed by atoms with Crippen molar-refractivity contribution in [2.24, 2.45) is 11.1 Å². The number of nitrogens with two attached hydrogens (primary N) is 1. The molecule has 3 N–H and O–H groups in total. The molecule has 0 aliphatic carbocycles. The van der Waals surface area contributed by atoms with Crippen molar-refractivity contribution in [2.75, 3.05) is 19.6 Å². The number of piperidine rings is 1. The van der Waals surface area contributed by atoms with Gasteiger partial charge >= 0.3 is 0 Å². The molecular formula is C14H21N3O2S. The first-order valence-corrected chi connectivity index (χ1v) is 8.64. The van der Waals surface area contributed by atoms with Gasteiger partial charge in [0.2, 0.25) is 10.0 Å². The highest BCUT2D eigenvalue weighted by Gasteiger charge is 2.33. The van der Waals surface area contributed by atoms with Crippen LogP contribution in [-0.4, -0.2) is 39.0 Å². The lowest BCUT2D eigenvalue weighted by Crippen LogP contribution is -2.43. The van der Waals surface area contributed by atoms with E-state index in [0.717, 1.165) is 11.5 Å². The van der Waals surface area contributed by atoms with Gasteiger partial charge in [0.15, 0.2) is 0 Å². The molecule has 5 nitrogen and oxygen atoms in total. The number of nitrogens with one attached hydrogen (secondary N) is 1. The molecule has 0 aromatic heterocycles. The topological polar surface area (TPSA) is 75.4 Å². The van der Waals surface area contributed by atoms with Crippen LogP contribution < -0.4 is 10.5 Å². The van der Waals surface area contributed by atoms with Gasteiger partial charge in [0.1, 0.15) is 0 Å². The zero-order valence-corrected chi connectivity index (χ0v) is 12.3. The molecule has 2 aliphatic heterocycles. The lowest BCUT2D eigenvalue weighted by Gasteiger charge is -2.31. The zero-order valence-electron chi connectivity index (χ0n) is 11.5. The van der Waals surface area contributed by atoms with Crippen molar-refractivity contribution in [1.82, 2.24) is 10.2 Å². The predicted octanol–water partition coefficient (Wildman–Crippen LogP) is 0.518. The van der Waals surface area contributed by atoms with E-state index in [9.17, 15) is 8.42 Å². The average Bonchev–Trinajstić information content (AvgIpc) is 2.80. The van der Waals surface area contributed by atoms with E-state index < -0.39 is 10.0 Å². The van der Waals surface area contributed by atoms with Crippen molar-refractivity contribution in [3.63, 3.8) is 0 Å². The molecule has 2 aliphatic rings. The summed E-state index contributed by atoms with van der Waals surface area (Å²) in [7, 11) is -3.61. The Morgan fingerprint density at radius 1 is 1.30 bits per heavy atom. The number of hydrogen-bond acceptors (Lipinski definition) is 4. The Hall–Kier alpha value is -0.950. The van der Waals surface area contributed by atoms with Crippen LogP contribution in [0.3, 0.4) is 0 Å². The molecule has 6 heteroatoms. The minimum atomic E-state index is -3.61. The normalized spacial score (nSPS) is 29.6. The van der Waals surface area contributed by atoms with Crippen LogP contribution in [0.1, 0.15) is 18.4 Å². The van der Waals surface area contributed by atoms with Crippen LogP contribution in [0.4, 0.5) is 0 Å². The fourth-order valence-electron chi connectivity index (χ4n) is 3.30. The van der Waals surface area contributed by atoms with Crippen LogP contribution in [0.5, 0.6) is 0 Å². The Morgan fingerprint density at radius 3 is 2.90 bits per heavy atom. The van der Waals surface area contributed by atoms with E-state index in [0.29, 0.717) is 12.6 Å². The maximum Gasteiger partial charge on any atom is 0.238 e. The van der Waals surface area contributed by atoms with E-state index in [2.05, 4.69) is 10.2 Å².